The van der Waals surface area contributed by atoms with Gasteiger partial charge in [0.1, 0.15) is 0 Å². The molecule has 0 bridgehead atoms. The molecule has 0 aliphatic heterocycles. The third-order valence-electron chi connectivity index (χ3n) is 2.67. The molecule has 0 N–H and O–H groups in total. The van der Waals surface area contributed by atoms with Crippen molar-refractivity contribution in [2.24, 2.45) is 4.99 Å². The van der Waals surface area contributed by atoms with Crippen LogP contribution < -0.4 is 0 Å². The Kier molecular flexibility index (Phi) is 4.86. The number of carbonyl (C=O) groups excluding carboxylic acids is 1. The molecule has 98 valence electrons. The fourth-order valence-corrected chi connectivity index (χ4v) is 2.29. The lowest BCUT2D eigenvalue weighted by atomic mass is 10.1. The van der Waals surface area contributed by atoms with Crippen LogP contribution >= 0.6 is 11.3 Å². The zero-order valence-electron chi connectivity index (χ0n) is 10.7. The van der Waals surface area contributed by atoms with Crippen molar-refractivity contribution in [3.8, 4) is 0 Å². The van der Waals surface area contributed by atoms with Gasteiger partial charge in [-0.2, -0.15) is 0 Å². The Bertz CT molecular complexity index is 535. The highest BCUT2D eigenvalue weighted by molar-refractivity contribution is 7.11. The SMILES string of the molecule is COC(=O)C(Cc1ccccc1)N=Cc1cccs1. The highest BCUT2D eigenvalue weighted by atomic mass is 32.1. The first-order valence-corrected chi connectivity index (χ1v) is 6.86. The van der Waals surface area contributed by atoms with E-state index >= 15 is 0 Å². The summed E-state index contributed by atoms with van der Waals surface area (Å²) in [6, 6.07) is 13.2. The van der Waals surface area contributed by atoms with Crippen LogP contribution in [0, 0.1) is 0 Å². The molecule has 0 aliphatic carbocycles. The van der Waals surface area contributed by atoms with Crippen LogP contribution in [0.4, 0.5) is 0 Å². The zero-order chi connectivity index (χ0) is 13.5. The summed E-state index contributed by atoms with van der Waals surface area (Å²) < 4.78 is 4.81. The number of hydrogen-bond donors (Lipinski definition) is 0. The van der Waals surface area contributed by atoms with Crippen LogP contribution in [0.25, 0.3) is 0 Å². The number of carbonyl (C=O) groups is 1. The maximum absolute atomic E-state index is 11.7. The molecule has 3 nitrogen and oxygen atoms in total. The van der Waals surface area contributed by atoms with Gasteiger partial charge in [0.25, 0.3) is 0 Å². The van der Waals surface area contributed by atoms with Crippen LogP contribution in [0.15, 0.2) is 52.8 Å². The fourth-order valence-electron chi connectivity index (χ4n) is 1.70. The minimum Gasteiger partial charge on any atom is -0.467 e. The van der Waals surface area contributed by atoms with Crippen molar-refractivity contribution in [2.75, 3.05) is 7.11 Å². The minimum absolute atomic E-state index is 0.309. The maximum Gasteiger partial charge on any atom is 0.330 e. The largest absolute Gasteiger partial charge is 0.467 e. The first-order valence-electron chi connectivity index (χ1n) is 5.98. The summed E-state index contributed by atoms with van der Waals surface area (Å²) in [5.74, 6) is -0.309. The van der Waals surface area contributed by atoms with Gasteiger partial charge in [0.15, 0.2) is 6.04 Å². The number of ether oxygens (including phenoxy) is 1. The molecule has 1 aromatic heterocycles. The third-order valence-corrected chi connectivity index (χ3v) is 3.48. The van der Waals surface area contributed by atoms with Gasteiger partial charge >= 0.3 is 5.97 Å². The van der Waals surface area contributed by atoms with Gasteiger partial charge in [-0.25, -0.2) is 4.79 Å². The molecule has 0 saturated carbocycles. The van der Waals surface area contributed by atoms with Crippen LogP contribution in [-0.2, 0) is 16.0 Å². The van der Waals surface area contributed by atoms with E-state index in [9.17, 15) is 4.79 Å². The number of hydrogen-bond acceptors (Lipinski definition) is 4. The highest BCUT2D eigenvalue weighted by Crippen LogP contribution is 2.10. The fraction of sp³-hybridized carbons (Fsp3) is 0.200. The molecule has 0 amide bonds. The van der Waals surface area contributed by atoms with Gasteiger partial charge in [-0.05, 0) is 17.0 Å². The van der Waals surface area contributed by atoms with Crippen molar-refractivity contribution in [3.63, 3.8) is 0 Å². The molecule has 4 heteroatoms. The molecule has 1 unspecified atom stereocenters. The molecule has 1 heterocycles. The number of thiophene rings is 1. The Morgan fingerprint density at radius 2 is 2.11 bits per heavy atom. The first kappa shape index (κ1) is 13.5. The number of aliphatic imine (C=N–C) groups is 1. The molecule has 0 aliphatic rings. The second-order valence-corrected chi connectivity index (χ2v) is 5.00. The van der Waals surface area contributed by atoms with E-state index in [0.717, 1.165) is 10.4 Å². The van der Waals surface area contributed by atoms with Crippen molar-refractivity contribution < 1.29 is 9.53 Å². The molecule has 0 spiro atoms. The van der Waals surface area contributed by atoms with Crippen LogP contribution in [0.3, 0.4) is 0 Å². The van der Waals surface area contributed by atoms with Crippen LogP contribution in [0.2, 0.25) is 0 Å². The molecule has 1 atom stereocenters. The van der Waals surface area contributed by atoms with Crippen molar-refractivity contribution in [1.29, 1.82) is 0 Å². The topological polar surface area (TPSA) is 38.7 Å². The quantitative estimate of drug-likeness (QED) is 0.620. The smallest absolute Gasteiger partial charge is 0.330 e. The Morgan fingerprint density at radius 1 is 1.32 bits per heavy atom. The van der Waals surface area contributed by atoms with E-state index in [1.807, 2.05) is 47.8 Å². The van der Waals surface area contributed by atoms with Gasteiger partial charge in [-0.15, -0.1) is 11.3 Å². The first-order chi connectivity index (χ1) is 9.29. The van der Waals surface area contributed by atoms with Gasteiger partial charge in [0, 0.05) is 17.5 Å². The predicted molar refractivity (Wildman–Crippen MR) is 77.9 cm³/mol. The summed E-state index contributed by atoms with van der Waals surface area (Å²) in [5, 5.41) is 1.98. The number of methoxy groups -OCH3 is 1. The van der Waals surface area contributed by atoms with Crippen LogP contribution in [0.5, 0.6) is 0 Å². The molecular weight excluding hydrogens is 258 g/mol. The lowest BCUT2D eigenvalue weighted by molar-refractivity contribution is -0.142. The summed E-state index contributed by atoms with van der Waals surface area (Å²) in [7, 11) is 1.39. The zero-order valence-corrected chi connectivity index (χ0v) is 11.5. The van der Waals surface area contributed by atoms with Gasteiger partial charge < -0.3 is 4.74 Å². The van der Waals surface area contributed by atoms with E-state index < -0.39 is 6.04 Å². The molecule has 2 aromatic rings. The highest BCUT2D eigenvalue weighted by Gasteiger charge is 2.17. The van der Waals surface area contributed by atoms with Crippen molar-refractivity contribution >= 4 is 23.5 Å². The van der Waals surface area contributed by atoms with Gasteiger partial charge in [0.2, 0.25) is 0 Å². The van der Waals surface area contributed by atoms with Gasteiger partial charge in [-0.1, -0.05) is 36.4 Å². The van der Waals surface area contributed by atoms with Crippen molar-refractivity contribution in [3.05, 3.63) is 58.3 Å². The van der Waals surface area contributed by atoms with E-state index in [-0.39, 0.29) is 5.97 Å². The summed E-state index contributed by atoms with van der Waals surface area (Å²) in [5.41, 5.74) is 1.07. The number of rotatable bonds is 5. The van der Waals surface area contributed by atoms with Crippen molar-refractivity contribution in [1.82, 2.24) is 0 Å². The Morgan fingerprint density at radius 3 is 2.74 bits per heavy atom. The van der Waals surface area contributed by atoms with E-state index in [0.29, 0.717) is 6.42 Å². The summed E-state index contributed by atoms with van der Waals surface area (Å²) in [4.78, 5) is 17.1. The monoisotopic (exact) mass is 273 g/mol. The molecule has 1 aromatic carbocycles. The van der Waals surface area contributed by atoms with E-state index in [1.165, 1.54) is 7.11 Å². The minimum atomic E-state index is -0.491. The summed E-state index contributed by atoms with van der Waals surface area (Å²) >= 11 is 1.59. The molecule has 19 heavy (non-hydrogen) atoms. The van der Waals surface area contributed by atoms with Crippen molar-refractivity contribution in [2.45, 2.75) is 12.5 Å². The molecule has 0 saturated heterocycles. The molecule has 0 fully saturated rings. The van der Waals surface area contributed by atoms with E-state index in [4.69, 9.17) is 4.74 Å². The van der Waals surface area contributed by atoms with Gasteiger partial charge in [-0.3, -0.25) is 4.99 Å². The lowest BCUT2D eigenvalue weighted by Crippen LogP contribution is -2.23. The average Bonchev–Trinajstić information content (AvgIpc) is 2.97. The standard InChI is InChI=1S/C15H15NO2S/c1-18-15(17)14(10-12-6-3-2-4-7-12)16-11-13-8-5-9-19-13/h2-9,11,14H,10H2,1H3. The maximum atomic E-state index is 11.7. The van der Waals surface area contributed by atoms with Gasteiger partial charge in [0.05, 0.1) is 7.11 Å². The Balaban J connectivity index is 2.10. The Hall–Kier alpha value is -1.94. The molecule has 0 radical (unpaired) electrons. The summed E-state index contributed by atoms with van der Waals surface area (Å²) in [6.45, 7) is 0. The summed E-state index contributed by atoms with van der Waals surface area (Å²) in [6.07, 6.45) is 2.28. The van der Waals surface area contributed by atoms with E-state index in [2.05, 4.69) is 4.99 Å². The van der Waals surface area contributed by atoms with Crippen LogP contribution in [-0.4, -0.2) is 25.3 Å². The number of benzene rings is 1. The number of nitrogens with zero attached hydrogens (tertiary/aromatic N) is 1. The number of esters is 1. The second kappa shape index (κ2) is 6.85. The molecule has 2 rings (SSSR count). The predicted octanol–water partition coefficient (Wildman–Crippen LogP) is 2.95. The average molecular weight is 273 g/mol. The normalized spacial score (nSPS) is 12.5. The van der Waals surface area contributed by atoms with E-state index in [1.54, 1.807) is 17.6 Å². The van der Waals surface area contributed by atoms with Crippen LogP contribution in [0.1, 0.15) is 10.4 Å². The lowest BCUT2D eigenvalue weighted by Gasteiger charge is -2.09. The second-order valence-electron chi connectivity index (χ2n) is 4.02. The Labute approximate surface area is 116 Å². The third kappa shape index (κ3) is 4.03. The molecular formula is C15H15NO2S.